The highest BCUT2D eigenvalue weighted by atomic mass is 16.2. The molecule has 0 atom stereocenters. The van der Waals surface area contributed by atoms with Gasteiger partial charge in [0.15, 0.2) is 0 Å². The third kappa shape index (κ3) is 4.37. The number of benzene rings is 2. The number of carbonyl (C=O) groups is 2. The first-order valence-electron chi connectivity index (χ1n) is 10.8. The monoisotopic (exact) mass is 378 g/mol. The fraction of sp³-hybridized carbons (Fsp3) is 0.500. The summed E-state index contributed by atoms with van der Waals surface area (Å²) in [7, 11) is 0. The molecule has 0 N–H and O–H groups in total. The van der Waals surface area contributed by atoms with E-state index in [2.05, 4.69) is 6.07 Å². The van der Waals surface area contributed by atoms with Crippen molar-refractivity contribution < 1.29 is 9.59 Å². The topological polar surface area (TPSA) is 40.6 Å². The van der Waals surface area contributed by atoms with Crippen molar-refractivity contribution in [2.45, 2.75) is 44.9 Å². The summed E-state index contributed by atoms with van der Waals surface area (Å²) in [5.74, 6) is 1.08. The molecule has 28 heavy (non-hydrogen) atoms. The third-order valence-corrected chi connectivity index (χ3v) is 6.41. The van der Waals surface area contributed by atoms with E-state index in [1.165, 1.54) is 32.1 Å². The maximum atomic E-state index is 12.9. The van der Waals surface area contributed by atoms with Gasteiger partial charge in [0, 0.05) is 38.2 Å². The first-order valence-corrected chi connectivity index (χ1v) is 10.8. The molecule has 2 aromatic rings. The van der Waals surface area contributed by atoms with E-state index >= 15 is 0 Å². The van der Waals surface area contributed by atoms with E-state index in [0.29, 0.717) is 32.6 Å². The van der Waals surface area contributed by atoms with Gasteiger partial charge in [-0.2, -0.15) is 0 Å². The molecule has 1 aliphatic heterocycles. The molecule has 1 heterocycles. The molecule has 2 amide bonds. The second-order valence-electron chi connectivity index (χ2n) is 8.28. The SMILES string of the molecule is O=C(CCC1CCCCC1)N1CCN(C(=O)c2ccc3ccccc3c2)CC1. The Morgan fingerprint density at radius 1 is 0.821 bits per heavy atom. The maximum absolute atomic E-state index is 12.9. The highest BCUT2D eigenvalue weighted by Gasteiger charge is 2.25. The number of rotatable bonds is 4. The lowest BCUT2D eigenvalue weighted by molar-refractivity contribution is -0.133. The zero-order chi connectivity index (χ0) is 19.3. The third-order valence-electron chi connectivity index (χ3n) is 6.41. The Hall–Kier alpha value is -2.36. The van der Waals surface area contributed by atoms with Crippen LogP contribution < -0.4 is 0 Å². The van der Waals surface area contributed by atoms with Crippen molar-refractivity contribution in [3.63, 3.8) is 0 Å². The summed E-state index contributed by atoms with van der Waals surface area (Å²) in [6.07, 6.45) is 8.31. The molecular formula is C24H30N2O2. The molecule has 2 aromatic carbocycles. The number of piperazine rings is 1. The van der Waals surface area contributed by atoms with Gasteiger partial charge in [0.1, 0.15) is 0 Å². The first kappa shape index (κ1) is 19.0. The smallest absolute Gasteiger partial charge is 0.253 e. The van der Waals surface area contributed by atoms with Gasteiger partial charge in [0.2, 0.25) is 5.91 Å². The van der Waals surface area contributed by atoms with Crippen molar-refractivity contribution in [3.8, 4) is 0 Å². The summed E-state index contributed by atoms with van der Waals surface area (Å²) < 4.78 is 0. The molecule has 2 fully saturated rings. The van der Waals surface area contributed by atoms with Crippen molar-refractivity contribution in [1.29, 1.82) is 0 Å². The minimum absolute atomic E-state index is 0.0695. The van der Waals surface area contributed by atoms with Crippen LogP contribution in [0.3, 0.4) is 0 Å². The van der Waals surface area contributed by atoms with Gasteiger partial charge in [-0.15, -0.1) is 0 Å². The van der Waals surface area contributed by atoms with Crippen molar-refractivity contribution in [3.05, 3.63) is 48.0 Å². The van der Waals surface area contributed by atoms with Crippen LogP contribution in [-0.2, 0) is 4.79 Å². The zero-order valence-electron chi connectivity index (χ0n) is 16.6. The molecule has 0 unspecified atom stereocenters. The largest absolute Gasteiger partial charge is 0.339 e. The molecule has 0 bridgehead atoms. The highest BCUT2D eigenvalue weighted by Crippen LogP contribution is 2.27. The van der Waals surface area contributed by atoms with Crippen molar-refractivity contribution >= 4 is 22.6 Å². The molecule has 0 spiro atoms. The summed E-state index contributed by atoms with van der Waals surface area (Å²) in [5.41, 5.74) is 0.732. The zero-order valence-corrected chi connectivity index (χ0v) is 16.6. The summed E-state index contributed by atoms with van der Waals surface area (Å²) in [4.78, 5) is 29.3. The van der Waals surface area contributed by atoms with E-state index < -0.39 is 0 Å². The van der Waals surface area contributed by atoms with Gasteiger partial charge in [0.25, 0.3) is 5.91 Å². The fourth-order valence-electron chi connectivity index (χ4n) is 4.63. The fourth-order valence-corrected chi connectivity index (χ4v) is 4.63. The van der Waals surface area contributed by atoms with E-state index in [9.17, 15) is 9.59 Å². The van der Waals surface area contributed by atoms with Crippen LogP contribution in [0.4, 0.5) is 0 Å². The summed E-state index contributed by atoms with van der Waals surface area (Å²) in [5, 5.41) is 2.23. The predicted octanol–water partition coefficient (Wildman–Crippen LogP) is 4.48. The number of hydrogen-bond acceptors (Lipinski definition) is 2. The Labute approximate surface area is 167 Å². The second kappa shape index (κ2) is 8.76. The highest BCUT2D eigenvalue weighted by molar-refractivity contribution is 5.98. The van der Waals surface area contributed by atoms with Gasteiger partial charge in [-0.25, -0.2) is 0 Å². The van der Waals surface area contributed by atoms with Gasteiger partial charge >= 0.3 is 0 Å². The maximum Gasteiger partial charge on any atom is 0.253 e. The standard InChI is InChI=1S/C24H30N2O2/c27-23(13-10-19-6-2-1-3-7-19)25-14-16-26(17-15-25)24(28)22-12-11-20-8-4-5-9-21(20)18-22/h4-5,8-9,11-12,18-19H,1-3,6-7,10,13-17H2. The van der Waals surface area contributed by atoms with Gasteiger partial charge in [-0.3, -0.25) is 9.59 Å². The summed E-state index contributed by atoms with van der Waals surface area (Å²) >= 11 is 0. The first-order chi connectivity index (χ1) is 13.7. The van der Waals surface area contributed by atoms with Crippen LogP contribution in [0.25, 0.3) is 10.8 Å². The molecular weight excluding hydrogens is 348 g/mol. The molecule has 0 aromatic heterocycles. The Balaban J connectivity index is 1.29. The number of nitrogens with zero attached hydrogens (tertiary/aromatic N) is 2. The summed E-state index contributed by atoms with van der Waals surface area (Å²) in [6.45, 7) is 2.56. The second-order valence-corrected chi connectivity index (χ2v) is 8.28. The van der Waals surface area contributed by atoms with Crippen LogP contribution >= 0.6 is 0 Å². The molecule has 1 aliphatic carbocycles. The van der Waals surface area contributed by atoms with Crippen molar-refractivity contribution in [2.24, 2.45) is 5.92 Å². The molecule has 4 nitrogen and oxygen atoms in total. The predicted molar refractivity (Wildman–Crippen MR) is 112 cm³/mol. The van der Waals surface area contributed by atoms with E-state index in [1.807, 2.05) is 46.2 Å². The van der Waals surface area contributed by atoms with Gasteiger partial charge in [0.05, 0.1) is 0 Å². The van der Waals surface area contributed by atoms with E-state index in [1.54, 1.807) is 0 Å². The molecule has 148 valence electrons. The van der Waals surface area contributed by atoms with Gasteiger partial charge in [-0.1, -0.05) is 62.4 Å². The van der Waals surface area contributed by atoms with Crippen LogP contribution in [0.1, 0.15) is 55.3 Å². The Bertz CT molecular complexity index is 833. The quantitative estimate of drug-likeness (QED) is 0.787. The minimum Gasteiger partial charge on any atom is -0.339 e. The molecule has 4 heteroatoms. The number of amides is 2. The van der Waals surface area contributed by atoms with Crippen LogP contribution in [0, 0.1) is 5.92 Å². The number of carbonyl (C=O) groups excluding carboxylic acids is 2. The Morgan fingerprint density at radius 2 is 1.50 bits per heavy atom. The lowest BCUT2D eigenvalue weighted by Crippen LogP contribution is -2.50. The molecule has 2 aliphatic rings. The summed E-state index contributed by atoms with van der Waals surface area (Å²) in [6, 6.07) is 14.0. The van der Waals surface area contributed by atoms with Crippen molar-refractivity contribution in [1.82, 2.24) is 9.80 Å². The van der Waals surface area contributed by atoms with Crippen LogP contribution in [0.5, 0.6) is 0 Å². The normalized spacial score (nSPS) is 18.4. The number of hydrogen-bond donors (Lipinski definition) is 0. The molecule has 1 saturated heterocycles. The molecule has 1 saturated carbocycles. The van der Waals surface area contributed by atoms with E-state index in [4.69, 9.17) is 0 Å². The lowest BCUT2D eigenvalue weighted by Gasteiger charge is -2.35. The minimum atomic E-state index is 0.0695. The molecule has 4 rings (SSSR count). The Kier molecular flexibility index (Phi) is 5.94. The molecule has 0 radical (unpaired) electrons. The van der Waals surface area contributed by atoms with E-state index in [0.717, 1.165) is 28.7 Å². The van der Waals surface area contributed by atoms with Crippen LogP contribution in [0.15, 0.2) is 42.5 Å². The van der Waals surface area contributed by atoms with Crippen LogP contribution in [-0.4, -0.2) is 47.8 Å². The Morgan fingerprint density at radius 3 is 2.25 bits per heavy atom. The van der Waals surface area contributed by atoms with Gasteiger partial charge in [-0.05, 0) is 35.2 Å². The number of fused-ring (bicyclic) bond motifs is 1. The van der Waals surface area contributed by atoms with Gasteiger partial charge < -0.3 is 9.80 Å². The van der Waals surface area contributed by atoms with E-state index in [-0.39, 0.29) is 11.8 Å². The average Bonchev–Trinajstić information content (AvgIpc) is 2.77. The average molecular weight is 379 g/mol. The lowest BCUT2D eigenvalue weighted by atomic mass is 9.86. The van der Waals surface area contributed by atoms with Crippen molar-refractivity contribution in [2.75, 3.05) is 26.2 Å². The van der Waals surface area contributed by atoms with Crippen LogP contribution in [0.2, 0.25) is 0 Å².